The number of benzene rings is 2. The predicted octanol–water partition coefficient (Wildman–Crippen LogP) is 3.55. The molecule has 0 spiro atoms. The molecule has 5 nitrogen and oxygen atoms in total. The van der Waals surface area contributed by atoms with Gasteiger partial charge in [-0.25, -0.2) is 0 Å². The number of carbonyl (C=O) groups is 2. The Morgan fingerprint density at radius 2 is 1.65 bits per heavy atom. The van der Waals surface area contributed by atoms with E-state index in [2.05, 4.69) is 10.6 Å². The molecule has 0 saturated carbocycles. The molecule has 0 unspecified atom stereocenters. The Hall–Kier alpha value is -2.82. The van der Waals surface area contributed by atoms with E-state index in [0.717, 1.165) is 5.56 Å². The topological polar surface area (TPSA) is 78.4 Å². The molecule has 0 aliphatic heterocycles. The molecule has 5 heteroatoms. The lowest BCUT2D eigenvalue weighted by Crippen LogP contribution is -2.18. The zero-order valence-electron chi connectivity index (χ0n) is 13.4. The second-order valence-corrected chi connectivity index (χ2v) is 5.70. The van der Waals surface area contributed by atoms with Gasteiger partial charge in [-0.05, 0) is 48.9 Å². The third-order valence-electron chi connectivity index (χ3n) is 3.34. The van der Waals surface area contributed by atoms with Gasteiger partial charge in [0.1, 0.15) is 5.75 Å². The van der Waals surface area contributed by atoms with E-state index < -0.39 is 0 Å². The summed E-state index contributed by atoms with van der Waals surface area (Å²) in [5.41, 5.74) is 2.38. The fraction of sp³-hybridized carbons (Fsp3) is 0.222. The van der Waals surface area contributed by atoms with Crippen molar-refractivity contribution in [3.05, 3.63) is 53.6 Å². The van der Waals surface area contributed by atoms with Crippen LogP contribution in [-0.4, -0.2) is 16.9 Å². The number of carbonyl (C=O) groups excluding carboxylic acids is 2. The third kappa shape index (κ3) is 4.32. The number of aryl methyl sites for hydroxylation is 1. The van der Waals surface area contributed by atoms with Crippen LogP contribution in [0.25, 0.3) is 0 Å². The van der Waals surface area contributed by atoms with E-state index in [-0.39, 0.29) is 23.5 Å². The number of anilines is 2. The van der Waals surface area contributed by atoms with Crippen LogP contribution in [0.3, 0.4) is 0 Å². The summed E-state index contributed by atoms with van der Waals surface area (Å²) >= 11 is 0. The van der Waals surface area contributed by atoms with E-state index in [0.29, 0.717) is 16.9 Å². The minimum atomic E-state index is -0.326. The van der Waals surface area contributed by atoms with Gasteiger partial charge in [-0.2, -0.15) is 0 Å². The Kier molecular flexibility index (Phi) is 5.01. The van der Waals surface area contributed by atoms with E-state index in [9.17, 15) is 14.7 Å². The highest BCUT2D eigenvalue weighted by molar-refractivity contribution is 6.05. The summed E-state index contributed by atoms with van der Waals surface area (Å²) < 4.78 is 0. The molecule has 2 amide bonds. The fourth-order valence-corrected chi connectivity index (χ4v) is 1.94. The number of aromatic hydroxyl groups is 1. The lowest BCUT2D eigenvalue weighted by molar-refractivity contribution is -0.118. The molecule has 23 heavy (non-hydrogen) atoms. The molecule has 0 radical (unpaired) electrons. The molecule has 120 valence electrons. The molecular formula is C18H20N2O3. The van der Waals surface area contributed by atoms with Gasteiger partial charge < -0.3 is 15.7 Å². The standard InChI is InChI=1S/C18H20N2O3/c1-11(2)17(22)19-14-7-5-13(6-8-14)18(23)20-15-10-12(3)4-9-16(15)21/h4-11,21H,1-3H3,(H,19,22)(H,20,23). The van der Waals surface area contributed by atoms with Crippen molar-refractivity contribution in [2.45, 2.75) is 20.8 Å². The van der Waals surface area contributed by atoms with Crippen molar-refractivity contribution in [1.29, 1.82) is 0 Å². The summed E-state index contributed by atoms with van der Waals surface area (Å²) in [5.74, 6) is -0.494. The second kappa shape index (κ2) is 6.96. The summed E-state index contributed by atoms with van der Waals surface area (Å²) in [4.78, 5) is 23.8. The largest absolute Gasteiger partial charge is 0.506 e. The first-order valence-electron chi connectivity index (χ1n) is 7.38. The smallest absolute Gasteiger partial charge is 0.255 e. The SMILES string of the molecule is Cc1ccc(O)c(NC(=O)c2ccc(NC(=O)C(C)C)cc2)c1. The van der Waals surface area contributed by atoms with Gasteiger partial charge in [0, 0.05) is 17.2 Å². The molecular weight excluding hydrogens is 292 g/mol. The highest BCUT2D eigenvalue weighted by atomic mass is 16.3. The van der Waals surface area contributed by atoms with Crippen LogP contribution in [0.15, 0.2) is 42.5 Å². The van der Waals surface area contributed by atoms with Gasteiger partial charge in [0.15, 0.2) is 0 Å². The Labute approximate surface area is 135 Å². The quantitative estimate of drug-likeness (QED) is 0.755. The molecule has 2 rings (SSSR count). The van der Waals surface area contributed by atoms with Gasteiger partial charge >= 0.3 is 0 Å². The maximum absolute atomic E-state index is 12.2. The minimum Gasteiger partial charge on any atom is -0.506 e. The zero-order chi connectivity index (χ0) is 17.0. The van der Waals surface area contributed by atoms with Gasteiger partial charge in [-0.1, -0.05) is 19.9 Å². The molecule has 0 fully saturated rings. The van der Waals surface area contributed by atoms with Crippen molar-refractivity contribution in [3.63, 3.8) is 0 Å². The first-order valence-corrected chi connectivity index (χ1v) is 7.38. The summed E-state index contributed by atoms with van der Waals surface area (Å²) in [6.45, 7) is 5.50. The highest BCUT2D eigenvalue weighted by Crippen LogP contribution is 2.24. The van der Waals surface area contributed by atoms with Crippen LogP contribution in [0.4, 0.5) is 11.4 Å². The normalized spacial score (nSPS) is 10.4. The first kappa shape index (κ1) is 16.5. The van der Waals surface area contributed by atoms with Crippen LogP contribution in [0.2, 0.25) is 0 Å². The molecule has 2 aromatic rings. The highest BCUT2D eigenvalue weighted by Gasteiger charge is 2.10. The van der Waals surface area contributed by atoms with Crippen LogP contribution in [-0.2, 0) is 4.79 Å². The molecule has 0 aromatic heterocycles. The maximum atomic E-state index is 12.2. The van der Waals surface area contributed by atoms with E-state index in [1.54, 1.807) is 36.4 Å². The van der Waals surface area contributed by atoms with Crippen molar-refractivity contribution in [3.8, 4) is 5.75 Å². The number of rotatable bonds is 4. The average Bonchev–Trinajstić information content (AvgIpc) is 2.51. The van der Waals surface area contributed by atoms with Gasteiger partial charge in [0.25, 0.3) is 5.91 Å². The molecule has 2 aromatic carbocycles. The maximum Gasteiger partial charge on any atom is 0.255 e. The number of nitrogens with one attached hydrogen (secondary N) is 2. The van der Waals surface area contributed by atoms with Gasteiger partial charge in [0.2, 0.25) is 5.91 Å². The van der Waals surface area contributed by atoms with E-state index >= 15 is 0 Å². The van der Waals surface area contributed by atoms with Crippen molar-refractivity contribution in [2.75, 3.05) is 10.6 Å². The molecule has 3 N–H and O–H groups in total. The summed E-state index contributed by atoms with van der Waals surface area (Å²) in [6.07, 6.45) is 0. The minimum absolute atomic E-state index is 0.0183. The van der Waals surface area contributed by atoms with Gasteiger partial charge in [0.05, 0.1) is 5.69 Å². The van der Waals surface area contributed by atoms with Gasteiger partial charge in [-0.15, -0.1) is 0 Å². The van der Waals surface area contributed by atoms with Crippen molar-refractivity contribution in [1.82, 2.24) is 0 Å². The zero-order valence-corrected chi connectivity index (χ0v) is 13.4. The van der Waals surface area contributed by atoms with Crippen LogP contribution < -0.4 is 10.6 Å². The molecule has 0 saturated heterocycles. The van der Waals surface area contributed by atoms with Gasteiger partial charge in [-0.3, -0.25) is 9.59 Å². The lowest BCUT2D eigenvalue weighted by Gasteiger charge is -2.10. The number of hydrogen-bond donors (Lipinski definition) is 3. The predicted molar refractivity (Wildman–Crippen MR) is 90.7 cm³/mol. The van der Waals surface area contributed by atoms with Crippen LogP contribution in [0.1, 0.15) is 29.8 Å². The molecule has 0 atom stereocenters. The Balaban J connectivity index is 2.08. The van der Waals surface area contributed by atoms with Crippen molar-refractivity contribution >= 4 is 23.2 Å². The summed E-state index contributed by atoms with van der Waals surface area (Å²) in [6, 6.07) is 11.6. The number of hydrogen-bond acceptors (Lipinski definition) is 3. The molecule has 0 aliphatic carbocycles. The number of amides is 2. The first-order chi connectivity index (χ1) is 10.9. The molecule has 0 heterocycles. The van der Waals surface area contributed by atoms with Crippen LogP contribution in [0, 0.1) is 12.8 Å². The monoisotopic (exact) mass is 312 g/mol. The Morgan fingerprint density at radius 1 is 1.00 bits per heavy atom. The van der Waals surface area contributed by atoms with Crippen molar-refractivity contribution < 1.29 is 14.7 Å². The molecule has 0 bridgehead atoms. The molecule has 0 aliphatic rings. The fourth-order valence-electron chi connectivity index (χ4n) is 1.94. The van der Waals surface area contributed by atoms with E-state index in [1.807, 2.05) is 20.8 Å². The summed E-state index contributed by atoms with van der Waals surface area (Å²) in [7, 11) is 0. The van der Waals surface area contributed by atoms with E-state index in [4.69, 9.17) is 0 Å². The number of phenolic OH excluding ortho intramolecular Hbond substituents is 1. The van der Waals surface area contributed by atoms with Crippen LogP contribution >= 0.6 is 0 Å². The summed E-state index contributed by atoms with van der Waals surface area (Å²) in [5, 5.41) is 15.2. The third-order valence-corrected chi connectivity index (χ3v) is 3.34. The Bertz CT molecular complexity index is 722. The number of phenols is 1. The average molecular weight is 312 g/mol. The Morgan fingerprint density at radius 3 is 2.26 bits per heavy atom. The van der Waals surface area contributed by atoms with E-state index in [1.165, 1.54) is 6.07 Å². The van der Waals surface area contributed by atoms with Crippen LogP contribution in [0.5, 0.6) is 5.75 Å². The lowest BCUT2D eigenvalue weighted by atomic mass is 10.1. The second-order valence-electron chi connectivity index (χ2n) is 5.70. The van der Waals surface area contributed by atoms with Crippen molar-refractivity contribution in [2.24, 2.45) is 5.92 Å².